The predicted molar refractivity (Wildman–Crippen MR) is 113 cm³/mol. The number of hydrogen-bond acceptors (Lipinski definition) is 6. The van der Waals surface area contributed by atoms with Crippen LogP contribution in [0, 0.1) is 0 Å². The van der Waals surface area contributed by atoms with Crippen LogP contribution in [0.3, 0.4) is 0 Å². The fourth-order valence-electron chi connectivity index (χ4n) is 2.46. The minimum absolute atomic E-state index is 0.0477. The lowest BCUT2D eigenvalue weighted by atomic mass is 10.3. The molecule has 0 aromatic heterocycles. The summed E-state index contributed by atoms with van der Waals surface area (Å²) in [5, 5.41) is 3.09. The molecule has 29 heavy (non-hydrogen) atoms. The van der Waals surface area contributed by atoms with Gasteiger partial charge in [0.25, 0.3) is 11.8 Å². The molecule has 2 amide bonds. The molecule has 0 spiro atoms. The highest BCUT2D eigenvalue weighted by Gasteiger charge is 2.44. The van der Waals surface area contributed by atoms with Gasteiger partial charge in [-0.2, -0.15) is 0 Å². The third-order valence-corrected chi connectivity index (χ3v) is 6.54. The molecule has 1 rings (SSSR count). The maximum atomic E-state index is 13.2. The van der Waals surface area contributed by atoms with E-state index in [2.05, 4.69) is 5.32 Å². The van der Waals surface area contributed by atoms with E-state index < -0.39 is 31.8 Å². The van der Waals surface area contributed by atoms with Crippen LogP contribution >= 0.6 is 30.8 Å². The van der Waals surface area contributed by atoms with E-state index in [9.17, 15) is 14.2 Å². The van der Waals surface area contributed by atoms with Gasteiger partial charge >= 0.3 is 7.60 Å². The quantitative estimate of drug-likeness (QED) is 0.466. The number of nitrogens with zero attached hydrogens (tertiary/aromatic N) is 1. The monoisotopic (exact) mass is 468 g/mol. The minimum Gasteiger partial charge on any atom is -0.482 e. The molecule has 0 saturated carbocycles. The SMILES string of the molecule is CCOP(=O)(OCC)[C@@H](NC(=O)COc1ccc(Cl)cc1Cl)C(=O)N(CC)CC. The van der Waals surface area contributed by atoms with E-state index in [-0.39, 0.29) is 24.0 Å². The minimum atomic E-state index is -3.95. The predicted octanol–water partition coefficient (Wildman–Crippen LogP) is 3.95. The van der Waals surface area contributed by atoms with Gasteiger partial charge in [-0.1, -0.05) is 23.2 Å². The first kappa shape index (κ1) is 25.7. The van der Waals surface area contributed by atoms with Crippen molar-refractivity contribution in [2.24, 2.45) is 0 Å². The van der Waals surface area contributed by atoms with Crippen molar-refractivity contribution in [3.8, 4) is 5.75 Å². The second-order valence-corrected chi connectivity index (χ2v) is 8.68. The standard InChI is InChI=1S/C18H27Cl2N2O6P/c1-5-22(6-2)18(24)17(29(25,27-7-3)28-8-4)21-16(23)12-26-15-10-9-13(19)11-14(15)20/h9-11,17H,5-8,12H2,1-4H3,(H,21,23)/t17-/m1/s1. The molecule has 0 unspecified atom stereocenters. The van der Waals surface area contributed by atoms with E-state index in [0.717, 1.165) is 0 Å². The Kier molecular flexibility index (Phi) is 11.0. The van der Waals surface area contributed by atoms with Gasteiger partial charge in [-0.25, -0.2) is 0 Å². The number of hydrogen-bond donors (Lipinski definition) is 1. The van der Waals surface area contributed by atoms with E-state index in [0.29, 0.717) is 18.1 Å². The fourth-order valence-corrected chi connectivity index (χ4v) is 4.75. The molecule has 11 heteroatoms. The normalized spacial score (nSPS) is 12.3. The fraction of sp³-hybridized carbons (Fsp3) is 0.556. The molecule has 8 nitrogen and oxygen atoms in total. The zero-order chi connectivity index (χ0) is 22.0. The summed E-state index contributed by atoms with van der Waals surface area (Å²) in [6, 6.07) is 4.55. The van der Waals surface area contributed by atoms with Gasteiger partial charge in [-0.15, -0.1) is 0 Å². The number of carbonyl (C=O) groups is 2. The van der Waals surface area contributed by atoms with Gasteiger partial charge in [0.05, 0.1) is 18.2 Å². The second-order valence-electron chi connectivity index (χ2n) is 5.72. The van der Waals surface area contributed by atoms with Crippen LogP contribution in [-0.4, -0.2) is 55.4 Å². The maximum Gasteiger partial charge on any atom is 0.362 e. The Morgan fingerprint density at radius 2 is 1.69 bits per heavy atom. The van der Waals surface area contributed by atoms with Crippen molar-refractivity contribution >= 4 is 42.6 Å². The van der Waals surface area contributed by atoms with Crippen LogP contribution < -0.4 is 10.1 Å². The molecule has 0 aliphatic rings. The molecule has 164 valence electrons. The van der Waals surface area contributed by atoms with Crippen molar-refractivity contribution in [1.29, 1.82) is 0 Å². The molecule has 1 N–H and O–H groups in total. The van der Waals surface area contributed by atoms with Gasteiger partial charge in [-0.3, -0.25) is 14.2 Å². The Morgan fingerprint density at radius 1 is 1.10 bits per heavy atom. The van der Waals surface area contributed by atoms with Crippen molar-refractivity contribution in [2.45, 2.75) is 33.5 Å². The number of amides is 2. The Labute approximate surface area is 181 Å². The molecule has 1 aromatic carbocycles. The zero-order valence-corrected chi connectivity index (χ0v) is 19.4. The van der Waals surface area contributed by atoms with Gasteiger partial charge in [0, 0.05) is 18.1 Å². The summed E-state index contributed by atoms with van der Waals surface area (Å²) in [6.07, 6.45) is 0. The molecular formula is C18H27Cl2N2O6P. The molecule has 1 atom stereocenters. The van der Waals surface area contributed by atoms with E-state index >= 15 is 0 Å². The number of halogens is 2. The molecule has 0 bridgehead atoms. The van der Waals surface area contributed by atoms with Gasteiger partial charge in [0.2, 0.25) is 5.78 Å². The van der Waals surface area contributed by atoms with Crippen molar-refractivity contribution < 1.29 is 27.9 Å². The molecule has 1 aromatic rings. The van der Waals surface area contributed by atoms with E-state index in [1.807, 2.05) is 0 Å². The van der Waals surface area contributed by atoms with Crippen LogP contribution in [0.4, 0.5) is 0 Å². The third-order valence-electron chi connectivity index (χ3n) is 3.79. The highest BCUT2D eigenvalue weighted by Crippen LogP contribution is 2.52. The summed E-state index contributed by atoms with van der Waals surface area (Å²) in [5.41, 5.74) is 0. The lowest BCUT2D eigenvalue weighted by Crippen LogP contribution is -2.50. The second kappa shape index (κ2) is 12.4. The summed E-state index contributed by atoms with van der Waals surface area (Å²) in [4.78, 5) is 26.8. The average Bonchev–Trinajstić information content (AvgIpc) is 2.66. The molecule has 0 aliphatic heterocycles. The van der Waals surface area contributed by atoms with Crippen LogP contribution in [0.5, 0.6) is 5.75 Å². The Bertz CT molecular complexity index is 735. The molecule has 0 radical (unpaired) electrons. The molecular weight excluding hydrogens is 442 g/mol. The van der Waals surface area contributed by atoms with Crippen LogP contribution in [0.2, 0.25) is 10.0 Å². The maximum absolute atomic E-state index is 13.2. The zero-order valence-electron chi connectivity index (χ0n) is 16.9. The highest BCUT2D eigenvalue weighted by molar-refractivity contribution is 7.55. The Balaban J connectivity index is 3.01. The van der Waals surface area contributed by atoms with Gasteiger partial charge in [0.1, 0.15) is 5.75 Å². The topological polar surface area (TPSA) is 94.2 Å². The molecule has 0 fully saturated rings. The number of benzene rings is 1. The van der Waals surface area contributed by atoms with Crippen molar-refractivity contribution in [2.75, 3.05) is 32.9 Å². The smallest absolute Gasteiger partial charge is 0.362 e. The summed E-state index contributed by atoms with van der Waals surface area (Å²) in [7, 11) is -3.95. The summed E-state index contributed by atoms with van der Waals surface area (Å²) in [6.45, 7) is 7.18. The number of likely N-dealkylation sites (N-methyl/N-ethyl adjacent to an activating group) is 1. The van der Waals surface area contributed by atoms with E-state index in [4.69, 9.17) is 37.0 Å². The van der Waals surface area contributed by atoms with Crippen LogP contribution in [0.25, 0.3) is 0 Å². The Hall–Kier alpha value is -1.31. The summed E-state index contributed by atoms with van der Waals surface area (Å²) < 4.78 is 29.2. The lowest BCUT2D eigenvalue weighted by molar-refractivity contribution is -0.134. The lowest BCUT2D eigenvalue weighted by Gasteiger charge is -2.30. The van der Waals surface area contributed by atoms with Crippen molar-refractivity contribution in [3.05, 3.63) is 28.2 Å². The first-order valence-corrected chi connectivity index (χ1v) is 11.6. The van der Waals surface area contributed by atoms with Crippen LogP contribution in [0.1, 0.15) is 27.7 Å². The number of rotatable bonds is 12. The van der Waals surface area contributed by atoms with Crippen molar-refractivity contribution in [1.82, 2.24) is 10.2 Å². The Morgan fingerprint density at radius 3 is 2.17 bits per heavy atom. The van der Waals surface area contributed by atoms with Crippen molar-refractivity contribution in [3.63, 3.8) is 0 Å². The van der Waals surface area contributed by atoms with E-state index in [1.54, 1.807) is 33.8 Å². The molecule has 0 saturated heterocycles. The summed E-state index contributed by atoms with van der Waals surface area (Å²) in [5.74, 6) is -2.48. The average molecular weight is 469 g/mol. The van der Waals surface area contributed by atoms with Crippen LogP contribution in [0.15, 0.2) is 18.2 Å². The third kappa shape index (κ3) is 7.46. The number of ether oxygens (including phenoxy) is 1. The number of nitrogens with one attached hydrogen (secondary N) is 1. The van der Waals surface area contributed by atoms with Gasteiger partial charge in [-0.05, 0) is 45.9 Å². The molecule has 0 aliphatic carbocycles. The summed E-state index contributed by atoms with van der Waals surface area (Å²) >= 11 is 11.8. The van der Waals surface area contributed by atoms with Gasteiger partial charge in [0.15, 0.2) is 6.61 Å². The first-order valence-electron chi connectivity index (χ1n) is 9.27. The number of carbonyl (C=O) groups excluding carboxylic acids is 2. The van der Waals surface area contributed by atoms with Crippen LogP contribution in [-0.2, 0) is 23.2 Å². The highest BCUT2D eigenvalue weighted by atomic mass is 35.5. The van der Waals surface area contributed by atoms with Gasteiger partial charge < -0.3 is 24.0 Å². The first-order chi connectivity index (χ1) is 13.7. The molecule has 0 heterocycles. The van der Waals surface area contributed by atoms with E-state index in [1.165, 1.54) is 17.0 Å². The largest absolute Gasteiger partial charge is 0.482 e.